The third-order valence-corrected chi connectivity index (χ3v) is 6.45. The summed E-state index contributed by atoms with van der Waals surface area (Å²) in [5, 5.41) is 18.4. The Bertz CT molecular complexity index is 1290. The van der Waals surface area contributed by atoms with Gasteiger partial charge >= 0.3 is 0 Å². The van der Waals surface area contributed by atoms with Gasteiger partial charge in [0.05, 0.1) is 23.5 Å². The molecule has 0 saturated heterocycles. The van der Waals surface area contributed by atoms with Crippen molar-refractivity contribution in [1.82, 2.24) is 15.3 Å². The van der Waals surface area contributed by atoms with Gasteiger partial charge in [-0.25, -0.2) is 9.97 Å². The topological polar surface area (TPSA) is 87.1 Å². The second-order valence-corrected chi connectivity index (χ2v) is 8.53. The summed E-state index contributed by atoms with van der Waals surface area (Å²) in [5.41, 5.74) is 3.82. The molecule has 1 atom stereocenters. The largest absolute Gasteiger partial charge is 0.392 e. The molecular weight excluding hydrogens is 408 g/mol. The van der Waals surface area contributed by atoms with E-state index in [2.05, 4.69) is 15.6 Å². The number of carbonyl (C=O) groups excluding carboxylic acids is 1. The minimum Gasteiger partial charge on any atom is -0.392 e. The van der Waals surface area contributed by atoms with Crippen molar-refractivity contribution in [3.8, 4) is 11.3 Å². The second kappa shape index (κ2) is 6.95. The highest BCUT2D eigenvalue weighted by molar-refractivity contribution is 7.21. The Kier molecular flexibility index (Phi) is 4.38. The molecule has 1 aliphatic heterocycles. The molecule has 3 N–H and O–H groups in total. The minimum absolute atomic E-state index is 0.0459. The van der Waals surface area contributed by atoms with Gasteiger partial charge < -0.3 is 15.7 Å². The summed E-state index contributed by atoms with van der Waals surface area (Å²) in [6.07, 6.45) is 1.56. The number of nitrogens with one attached hydrogen (secondary N) is 2. The summed E-state index contributed by atoms with van der Waals surface area (Å²) >= 11 is 7.55. The smallest absolute Gasteiger partial charge is 0.263 e. The van der Waals surface area contributed by atoms with Crippen LogP contribution in [0.5, 0.6) is 0 Å². The molecular formula is C21H17ClN4O2S. The number of hydrogen-bond donors (Lipinski definition) is 3. The fourth-order valence-corrected chi connectivity index (χ4v) is 4.95. The fourth-order valence-electron chi connectivity index (χ4n) is 3.70. The summed E-state index contributed by atoms with van der Waals surface area (Å²) in [4.78, 5) is 22.1. The lowest BCUT2D eigenvalue weighted by Crippen LogP contribution is -2.34. The van der Waals surface area contributed by atoms with Crippen LogP contribution in [0.15, 0.2) is 36.5 Å². The molecule has 1 amide bonds. The summed E-state index contributed by atoms with van der Waals surface area (Å²) in [6.45, 7) is 2.50. The van der Waals surface area contributed by atoms with Crippen LogP contribution in [-0.4, -0.2) is 33.6 Å². The Balaban J connectivity index is 1.72. The van der Waals surface area contributed by atoms with Crippen LogP contribution < -0.4 is 10.6 Å². The number of halogens is 1. The van der Waals surface area contributed by atoms with Gasteiger partial charge in [0.2, 0.25) is 0 Å². The standard InChI is InChI=1S/C21H17ClN4O2S/c1-10-7-24-19-18-12-2-3-15(13-6-17(22)23-8-11(13)9-27)26-14(12)4-5-16(18)29-20(19)21(28)25-10/h2-6,8,10,24,27H,7,9H2,1H3,(H,25,28)/t10-/m1/s1. The Morgan fingerprint density at radius 2 is 2.17 bits per heavy atom. The van der Waals surface area contributed by atoms with E-state index in [0.29, 0.717) is 27.8 Å². The monoisotopic (exact) mass is 424 g/mol. The number of fused-ring (bicyclic) bond motifs is 5. The molecule has 0 unspecified atom stereocenters. The first-order valence-corrected chi connectivity index (χ1v) is 10.4. The van der Waals surface area contributed by atoms with Gasteiger partial charge in [-0.2, -0.15) is 0 Å². The molecule has 1 aliphatic rings. The van der Waals surface area contributed by atoms with Gasteiger partial charge in [0.25, 0.3) is 5.91 Å². The number of benzene rings is 1. The molecule has 0 bridgehead atoms. The zero-order chi connectivity index (χ0) is 20.1. The molecule has 1 aromatic carbocycles. The van der Waals surface area contributed by atoms with Crippen molar-refractivity contribution >= 4 is 55.5 Å². The molecule has 6 nitrogen and oxygen atoms in total. The number of aliphatic hydroxyl groups excluding tert-OH is 1. The number of aliphatic hydroxyl groups is 1. The SMILES string of the molecule is C[C@@H]1CNc2c(sc3ccc4nc(-c5cc(Cl)ncc5CO)ccc4c23)C(=O)N1. The first-order valence-electron chi connectivity index (χ1n) is 9.22. The highest BCUT2D eigenvalue weighted by atomic mass is 35.5. The molecule has 4 heterocycles. The van der Waals surface area contributed by atoms with Gasteiger partial charge in [0.15, 0.2) is 0 Å². The number of hydrogen-bond acceptors (Lipinski definition) is 6. The quantitative estimate of drug-likeness (QED) is 0.420. The number of anilines is 1. The summed E-state index contributed by atoms with van der Waals surface area (Å²) in [6, 6.07) is 9.65. The van der Waals surface area contributed by atoms with E-state index in [9.17, 15) is 9.90 Å². The maximum Gasteiger partial charge on any atom is 0.263 e. The summed E-state index contributed by atoms with van der Waals surface area (Å²) in [5.74, 6) is -0.0459. The molecule has 0 radical (unpaired) electrons. The van der Waals surface area contributed by atoms with E-state index < -0.39 is 0 Å². The predicted molar refractivity (Wildman–Crippen MR) is 117 cm³/mol. The molecule has 0 aliphatic carbocycles. The highest BCUT2D eigenvalue weighted by Crippen LogP contribution is 2.41. The number of nitrogens with zero attached hydrogens (tertiary/aromatic N) is 2. The molecule has 3 aromatic heterocycles. The molecule has 8 heteroatoms. The van der Waals surface area contributed by atoms with Crippen LogP contribution in [0.1, 0.15) is 22.2 Å². The van der Waals surface area contributed by atoms with Gasteiger partial charge in [-0.15, -0.1) is 11.3 Å². The third-order valence-electron chi connectivity index (χ3n) is 5.09. The van der Waals surface area contributed by atoms with Gasteiger partial charge in [-0.1, -0.05) is 11.6 Å². The number of rotatable bonds is 2. The van der Waals surface area contributed by atoms with E-state index in [4.69, 9.17) is 16.6 Å². The lowest BCUT2D eigenvalue weighted by atomic mass is 10.0. The highest BCUT2D eigenvalue weighted by Gasteiger charge is 2.24. The normalized spacial score (nSPS) is 16.4. The van der Waals surface area contributed by atoms with E-state index in [1.807, 2.05) is 31.2 Å². The van der Waals surface area contributed by atoms with Crippen LogP contribution in [-0.2, 0) is 6.61 Å². The van der Waals surface area contributed by atoms with E-state index in [1.54, 1.807) is 12.3 Å². The van der Waals surface area contributed by atoms with E-state index in [0.717, 1.165) is 32.2 Å². The molecule has 0 saturated carbocycles. The van der Waals surface area contributed by atoms with Crippen molar-refractivity contribution in [3.63, 3.8) is 0 Å². The molecule has 29 heavy (non-hydrogen) atoms. The van der Waals surface area contributed by atoms with Crippen LogP contribution in [0.3, 0.4) is 0 Å². The molecule has 0 spiro atoms. The third kappa shape index (κ3) is 3.02. The zero-order valence-electron chi connectivity index (χ0n) is 15.5. The van der Waals surface area contributed by atoms with Crippen molar-refractivity contribution in [2.45, 2.75) is 19.6 Å². The maximum absolute atomic E-state index is 12.6. The molecule has 4 aromatic rings. The zero-order valence-corrected chi connectivity index (χ0v) is 17.1. The summed E-state index contributed by atoms with van der Waals surface area (Å²) < 4.78 is 1.04. The van der Waals surface area contributed by atoms with E-state index >= 15 is 0 Å². The lowest BCUT2D eigenvalue weighted by molar-refractivity contribution is 0.0949. The number of aromatic nitrogens is 2. The average molecular weight is 425 g/mol. The van der Waals surface area contributed by atoms with Crippen LogP contribution in [0, 0.1) is 0 Å². The van der Waals surface area contributed by atoms with Crippen molar-refractivity contribution in [2.24, 2.45) is 0 Å². The first kappa shape index (κ1) is 18.3. The van der Waals surface area contributed by atoms with Gasteiger partial charge in [0, 0.05) is 45.4 Å². The predicted octanol–water partition coefficient (Wildman–Crippen LogP) is 4.20. The van der Waals surface area contributed by atoms with Crippen LogP contribution in [0.25, 0.3) is 32.2 Å². The van der Waals surface area contributed by atoms with E-state index in [1.165, 1.54) is 11.3 Å². The Morgan fingerprint density at radius 1 is 1.31 bits per heavy atom. The second-order valence-electron chi connectivity index (χ2n) is 7.09. The van der Waals surface area contributed by atoms with Gasteiger partial charge in [0.1, 0.15) is 10.0 Å². The van der Waals surface area contributed by atoms with Crippen molar-refractivity contribution < 1.29 is 9.90 Å². The van der Waals surface area contributed by atoms with Gasteiger partial charge in [-0.3, -0.25) is 4.79 Å². The van der Waals surface area contributed by atoms with Crippen LogP contribution in [0.2, 0.25) is 5.15 Å². The Morgan fingerprint density at radius 3 is 3.00 bits per heavy atom. The van der Waals surface area contributed by atoms with Crippen LogP contribution >= 0.6 is 22.9 Å². The molecule has 0 fully saturated rings. The molecule has 146 valence electrons. The number of carbonyl (C=O) groups is 1. The minimum atomic E-state index is -0.145. The fraction of sp³-hybridized carbons (Fsp3) is 0.190. The van der Waals surface area contributed by atoms with Gasteiger partial charge in [-0.05, 0) is 37.3 Å². The molecule has 5 rings (SSSR count). The van der Waals surface area contributed by atoms with Crippen LogP contribution in [0.4, 0.5) is 5.69 Å². The average Bonchev–Trinajstić information content (AvgIpc) is 3.04. The van der Waals surface area contributed by atoms with E-state index in [-0.39, 0.29) is 18.6 Å². The maximum atomic E-state index is 12.6. The number of thiophene rings is 1. The summed E-state index contributed by atoms with van der Waals surface area (Å²) in [7, 11) is 0. The number of pyridine rings is 2. The van der Waals surface area contributed by atoms with Crippen molar-refractivity contribution in [1.29, 1.82) is 0 Å². The Hall–Kier alpha value is -2.74. The first-order chi connectivity index (χ1) is 14.0. The number of amides is 1. The van der Waals surface area contributed by atoms with Crippen molar-refractivity contribution in [2.75, 3.05) is 11.9 Å². The lowest BCUT2D eigenvalue weighted by Gasteiger charge is -2.11. The Labute approximate surface area is 175 Å². The van der Waals surface area contributed by atoms with Crippen molar-refractivity contribution in [3.05, 3.63) is 52.1 Å².